The molecule has 176 valence electrons. The summed E-state index contributed by atoms with van der Waals surface area (Å²) in [6.07, 6.45) is -2.95. The van der Waals surface area contributed by atoms with E-state index in [-0.39, 0.29) is 5.69 Å². The molecule has 3 aromatic rings. The number of fused-ring (bicyclic) bond motifs is 1. The summed E-state index contributed by atoms with van der Waals surface area (Å²) in [5.41, 5.74) is 0.128. The second kappa shape index (κ2) is 8.87. The highest BCUT2D eigenvalue weighted by Crippen LogP contribution is 2.36. The summed E-state index contributed by atoms with van der Waals surface area (Å²) in [7, 11) is -0.542. The number of carbonyl (C=O) groups is 1. The predicted molar refractivity (Wildman–Crippen MR) is 125 cm³/mol. The van der Waals surface area contributed by atoms with Gasteiger partial charge < -0.3 is 19.6 Å². The first-order valence-electron chi connectivity index (χ1n) is 10.8. The second-order valence-electron chi connectivity index (χ2n) is 8.63. The molecule has 1 aliphatic heterocycles. The number of benzene rings is 2. The van der Waals surface area contributed by atoms with Gasteiger partial charge in [-0.2, -0.15) is 13.2 Å². The minimum Gasteiger partial charge on any atom is -0.399 e. The third kappa shape index (κ3) is 4.94. The fraction of sp³-hybridized carbons (Fsp3) is 0.375. The SMILES string of the molecule is CC.CC1(C)OB(c2ccc3c(C(=O)Nc4cccc(C(F)(F)F)c4)c[nH]c3c2)OC1(C)C. The minimum absolute atomic E-state index is 0.0722. The van der Waals surface area contributed by atoms with Gasteiger partial charge in [0.05, 0.1) is 22.3 Å². The van der Waals surface area contributed by atoms with Crippen LogP contribution in [0.5, 0.6) is 0 Å². The average Bonchev–Trinajstić information content (AvgIpc) is 3.26. The number of nitrogens with one attached hydrogen (secondary N) is 2. The van der Waals surface area contributed by atoms with E-state index >= 15 is 0 Å². The Morgan fingerprint density at radius 3 is 2.24 bits per heavy atom. The van der Waals surface area contributed by atoms with Gasteiger partial charge in [0.15, 0.2) is 0 Å². The summed E-state index contributed by atoms with van der Waals surface area (Å²) in [6, 6.07) is 9.97. The molecule has 9 heteroatoms. The van der Waals surface area contributed by atoms with Crippen LogP contribution >= 0.6 is 0 Å². The zero-order valence-electron chi connectivity index (χ0n) is 19.6. The molecule has 1 saturated heterocycles. The van der Waals surface area contributed by atoms with Crippen LogP contribution in [-0.4, -0.2) is 29.2 Å². The molecule has 0 atom stereocenters. The molecule has 1 aliphatic rings. The Labute approximate surface area is 191 Å². The maximum absolute atomic E-state index is 12.9. The molecule has 33 heavy (non-hydrogen) atoms. The lowest BCUT2D eigenvalue weighted by Gasteiger charge is -2.32. The fourth-order valence-electron chi connectivity index (χ4n) is 3.43. The van der Waals surface area contributed by atoms with Crippen LogP contribution < -0.4 is 10.8 Å². The van der Waals surface area contributed by atoms with E-state index in [0.29, 0.717) is 16.5 Å². The van der Waals surface area contributed by atoms with Crippen LogP contribution in [0, 0.1) is 0 Å². The first-order valence-corrected chi connectivity index (χ1v) is 10.8. The summed E-state index contributed by atoms with van der Waals surface area (Å²) < 4.78 is 50.9. The van der Waals surface area contributed by atoms with E-state index in [1.165, 1.54) is 18.3 Å². The van der Waals surface area contributed by atoms with Crippen LogP contribution in [0.3, 0.4) is 0 Å². The van der Waals surface area contributed by atoms with Crippen LogP contribution in [0.4, 0.5) is 18.9 Å². The lowest BCUT2D eigenvalue weighted by Crippen LogP contribution is -2.41. The lowest BCUT2D eigenvalue weighted by molar-refractivity contribution is -0.137. The van der Waals surface area contributed by atoms with Gasteiger partial charge in [0.2, 0.25) is 0 Å². The van der Waals surface area contributed by atoms with Crippen LogP contribution in [0.2, 0.25) is 0 Å². The predicted octanol–water partition coefficient (Wildman–Crippen LogP) is 5.76. The standard InChI is InChI=1S/C22H22BF3N2O3.C2H6/c1-20(2)21(3,4)31-23(30-20)14-8-9-16-17(12-27-18(16)11-14)19(29)28-15-7-5-6-13(10-15)22(24,25)26;1-2/h5-12,27H,1-4H3,(H,28,29);1-2H3. The van der Waals surface area contributed by atoms with E-state index in [1.54, 1.807) is 6.07 Å². The van der Waals surface area contributed by atoms with E-state index in [4.69, 9.17) is 9.31 Å². The Bertz CT molecular complexity index is 1140. The van der Waals surface area contributed by atoms with Crippen molar-refractivity contribution >= 4 is 35.1 Å². The van der Waals surface area contributed by atoms with Crippen molar-refractivity contribution in [3.05, 3.63) is 59.8 Å². The number of amides is 1. The van der Waals surface area contributed by atoms with Gasteiger partial charge in [-0.1, -0.05) is 32.0 Å². The normalized spacial score (nSPS) is 16.9. The van der Waals surface area contributed by atoms with E-state index in [9.17, 15) is 18.0 Å². The molecule has 0 saturated carbocycles. The number of anilines is 1. The van der Waals surface area contributed by atoms with E-state index in [0.717, 1.165) is 17.6 Å². The van der Waals surface area contributed by atoms with Gasteiger partial charge >= 0.3 is 13.3 Å². The van der Waals surface area contributed by atoms with Crippen molar-refractivity contribution < 1.29 is 27.3 Å². The molecule has 2 aromatic carbocycles. The molecule has 0 unspecified atom stereocenters. The molecule has 0 radical (unpaired) electrons. The fourth-order valence-corrected chi connectivity index (χ4v) is 3.43. The van der Waals surface area contributed by atoms with Crippen LogP contribution in [-0.2, 0) is 15.5 Å². The van der Waals surface area contributed by atoms with Crippen molar-refractivity contribution in [2.24, 2.45) is 0 Å². The molecule has 0 bridgehead atoms. The monoisotopic (exact) mass is 460 g/mol. The number of aromatic nitrogens is 1. The Hall–Kier alpha value is -2.78. The number of carbonyl (C=O) groups excluding carboxylic acids is 1. The number of alkyl halides is 3. The first kappa shape index (κ1) is 24.9. The van der Waals surface area contributed by atoms with E-state index in [2.05, 4.69) is 10.3 Å². The quantitative estimate of drug-likeness (QED) is 0.489. The van der Waals surface area contributed by atoms with Gasteiger partial charge in [0.25, 0.3) is 5.91 Å². The van der Waals surface area contributed by atoms with Gasteiger partial charge in [0, 0.05) is 22.8 Å². The molecular weight excluding hydrogens is 432 g/mol. The third-order valence-corrected chi connectivity index (χ3v) is 5.92. The Morgan fingerprint density at radius 2 is 1.64 bits per heavy atom. The van der Waals surface area contributed by atoms with Crippen LogP contribution in [0.25, 0.3) is 10.9 Å². The van der Waals surface area contributed by atoms with Crippen molar-refractivity contribution in [2.45, 2.75) is 58.9 Å². The van der Waals surface area contributed by atoms with E-state index in [1.807, 2.05) is 53.7 Å². The Kier molecular flexibility index (Phi) is 6.68. The van der Waals surface area contributed by atoms with Crippen LogP contribution in [0.1, 0.15) is 57.5 Å². The summed E-state index contributed by atoms with van der Waals surface area (Å²) in [5.74, 6) is -0.506. The number of hydrogen-bond acceptors (Lipinski definition) is 3. The smallest absolute Gasteiger partial charge is 0.399 e. The first-order chi connectivity index (χ1) is 15.4. The molecule has 1 aromatic heterocycles. The summed E-state index contributed by atoms with van der Waals surface area (Å²) in [4.78, 5) is 15.7. The molecule has 2 N–H and O–H groups in total. The van der Waals surface area contributed by atoms with Crippen molar-refractivity contribution in [1.82, 2.24) is 4.98 Å². The number of hydrogen-bond donors (Lipinski definition) is 2. The van der Waals surface area contributed by atoms with Gasteiger partial charge in [-0.25, -0.2) is 0 Å². The highest BCUT2D eigenvalue weighted by Gasteiger charge is 2.51. The number of rotatable bonds is 3. The molecule has 4 rings (SSSR count). The summed E-state index contributed by atoms with van der Waals surface area (Å²) in [5, 5.41) is 3.18. The molecule has 1 amide bonds. The Morgan fingerprint density at radius 1 is 1.00 bits per heavy atom. The summed E-state index contributed by atoms with van der Waals surface area (Å²) in [6.45, 7) is 11.9. The van der Waals surface area contributed by atoms with Crippen molar-refractivity contribution in [3.63, 3.8) is 0 Å². The maximum atomic E-state index is 12.9. The van der Waals surface area contributed by atoms with Crippen molar-refractivity contribution in [2.75, 3.05) is 5.32 Å². The molecule has 1 fully saturated rings. The largest absolute Gasteiger partial charge is 0.494 e. The second-order valence-corrected chi connectivity index (χ2v) is 8.63. The number of H-pyrrole nitrogens is 1. The molecule has 2 heterocycles. The van der Waals surface area contributed by atoms with Gasteiger partial charge in [0.1, 0.15) is 0 Å². The summed E-state index contributed by atoms with van der Waals surface area (Å²) >= 11 is 0. The minimum atomic E-state index is -4.48. The molecule has 0 aliphatic carbocycles. The van der Waals surface area contributed by atoms with Crippen LogP contribution in [0.15, 0.2) is 48.7 Å². The van der Waals surface area contributed by atoms with Crippen molar-refractivity contribution in [3.8, 4) is 0 Å². The number of aromatic amines is 1. The highest BCUT2D eigenvalue weighted by molar-refractivity contribution is 6.62. The van der Waals surface area contributed by atoms with Gasteiger partial charge in [-0.15, -0.1) is 0 Å². The van der Waals surface area contributed by atoms with E-state index < -0.39 is 36.0 Å². The number of halogens is 3. The van der Waals surface area contributed by atoms with Crippen molar-refractivity contribution in [1.29, 1.82) is 0 Å². The Balaban J connectivity index is 0.00000149. The molecule has 0 spiro atoms. The third-order valence-electron chi connectivity index (χ3n) is 5.92. The zero-order valence-corrected chi connectivity index (χ0v) is 19.6. The maximum Gasteiger partial charge on any atom is 0.494 e. The van der Waals surface area contributed by atoms with Gasteiger partial charge in [-0.3, -0.25) is 4.79 Å². The molecule has 5 nitrogen and oxygen atoms in total. The lowest BCUT2D eigenvalue weighted by atomic mass is 9.79. The average molecular weight is 460 g/mol. The molecular formula is C24H28BF3N2O3. The zero-order chi connectivity index (χ0) is 24.6. The van der Waals surface area contributed by atoms with Gasteiger partial charge in [-0.05, 0) is 57.4 Å². The highest BCUT2D eigenvalue weighted by atomic mass is 19.4. The topological polar surface area (TPSA) is 63.3 Å².